The Labute approximate surface area is 125 Å². The zero-order chi connectivity index (χ0) is 15.2. The number of halogens is 2. The van der Waals surface area contributed by atoms with E-state index in [1.54, 1.807) is 6.07 Å². The molecule has 2 aromatic carbocycles. The molecule has 2 rings (SSSR count). The van der Waals surface area contributed by atoms with Crippen molar-refractivity contribution in [2.75, 3.05) is 13.6 Å². The highest BCUT2D eigenvalue weighted by Gasteiger charge is 2.12. The second kappa shape index (κ2) is 7.32. The van der Waals surface area contributed by atoms with Crippen LogP contribution in [-0.2, 0) is 12.8 Å². The van der Waals surface area contributed by atoms with Crippen LogP contribution in [-0.4, -0.2) is 13.6 Å². The second-order valence-electron chi connectivity index (χ2n) is 5.57. The van der Waals surface area contributed by atoms with Gasteiger partial charge in [-0.05, 0) is 62.5 Å². The van der Waals surface area contributed by atoms with Gasteiger partial charge in [0.1, 0.15) is 0 Å². The van der Waals surface area contributed by atoms with Gasteiger partial charge in [0, 0.05) is 0 Å². The summed E-state index contributed by atoms with van der Waals surface area (Å²) in [6, 6.07) is 12.6. The van der Waals surface area contributed by atoms with E-state index in [0.717, 1.165) is 24.9 Å². The van der Waals surface area contributed by atoms with Crippen molar-refractivity contribution in [3.05, 3.63) is 70.8 Å². The minimum Gasteiger partial charge on any atom is -0.319 e. The maximum atomic E-state index is 13.3. The molecule has 0 spiro atoms. The summed E-state index contributed by atoms with van der Waals surface area (Å²) >= 11 is 0. The lowest BCUT2D eigenvalue weighted by atomic mass is 9.92. The molecule has 0 heterocycles. The van der Waals surface area contributed by atoms with E-state index in [4.69, 9.17) is 0 Å². The van der Waals surface area contributed by atoms with Crippen LogP contribution in [0.15, 0.2) is 42.5 Å². The Balaban J connectivity index is 2.09. The number of hydrogen-bond donors (Lipinski definition) is 1. The normalized spacial score (nSPS) is 12.4. The molecule has 21 heavy (non-hydrogen) atoms. The summed E-state index contributed by atoms with van der Waals surface area (Å²) < 4.78 is 26.3. The quantitative estimate of drug-likeness (QED) is 0.850. The largest absolute Gasteiger partial charge is 0.319 e. The van der Waals surface area contributed by atoms with Crippen molar-refractivity contribution in [3.63, 3.8) is 0 Å². The molecule has 0 aromatic heterocycles. The molecule has 2 aromatic rings. The average molecular weight is 289 g/mol. The first kappa shape index (κ1) is 15.6. The lowest BCUT2D eigenvalue weighted by molar-refractivity contribution is 0.483. The van der Waals surface area contributed by atoms with Gasteiger partial charge >= 0.3 is 0 Å². The van der Waals surface area contributed by atoms with Crippen molar-refractivity contribution >= 4 is 0 Å². The van der Waals surface area contributed by atoms with Gasteiger partial charge in [-0.3, -0.25) is 0 Å². The number of hydrogen-bond acceptors (Lipinski definition) is 1. The summed E-state index contributed by atoms with van der Waals surface area (Å²) in [5, 5.41) is 3.18. The van der Waals surface area contributed by atoms with Crippen LogP contribution in [0.1, 0.15) is 16.7 Å². The molecule has 0 amide bonds. The molecule has 1 atom stereocenters. The Bertz CT molecular complexity index is 596. The zero-order valence-electron chi connectivity index (χ0n) is 12.5. The first-order valence-corrected chi connectivity index (χ1v) is 7.22. The van der Waals surface area contributed by atoms with Crippen LogP contribution in [0.3, 0.4) is 0 Å². The van der Waals surface area contributed by atoms with Gasteiger partial charge in [0.15, 0.2) is 11.6 Å². The number of aryl methyl sites for hydroxylation is 1. The molecule has 1 nitrogen and oxygen atoms in total. The van der Waals surface area contributed by atoms with E-state index in [1.165, 1.54) is 23.3 Å². The fourth-order valence-corrected chi connectivity index (χ4v) is 2.68. The van der Waals surface area contributed by atoms with Crippen LogP contribution in [0.25, 0.3) is 0 Å². The molecule has 1 unspecified atom stereocenters. The fourth-order valence-electron chi connectivity index (χ4n) is 2.68. The number of nitrogens with one attached hydrogen (secondary N) is 1. The molecule has 0 aliphatic rings. The standard InChI is InChI=1S/C18H21F2N/c1-13-4-3-5-14(8-13)9-16(12-21-2)10-15-6-7-17(19)18(20)11-15/h3-8,11,16,21H,9-10,12H2,1-2H3. The Kier molecular flexibility index (Phi) is 5.45. The van der Waals surface area contributed by atoms with Crippen molar-refractivity contribution < 1.29 is 8.78 Å². The van der Waals surface area contributed by atoms with Gasteiger partial charge in [0.2, 0.25) is 0 Å². The third-order valence-corrected chi connectivity index (χ3v) is 3.61. The molecule has 0 saturated carbocycles. The highest BCUT2D eigenvalue weighted by Crippen LogP contribution is 2.17. The minimum absolute atomic E-state index is 0.349. The van der Waals surface area contributed by atoms with Crippen LogP contribution in [0.5, 0.6) is 0 Å². The van der Waals surface area contributed by atoms with Gasteiger partial charge < -0.3 is 5.32 Å². The van der Waals surface area contributed by atoms with E-state index in [0.29, 0.717) is 5.92 Å². The van der Waals surface area contributed by atoms with Crippen molar-refractivity contribution in [2.45, 2.75) is 19.8 Å². The first-order chi connectivity index (χ1) is 10.1. The second-order valence-corrected chi connectivity index (χ2v) is 5.57. The van der Waals surface area contributed by atoms with Gasteiger partial charge in [-0.2, -0.15) is 0 Å². The van der Waals surface area contributed by atoms with Crippen molar-refractivity contribution in [3.8, 4) is 0 Å². The van der Waals surface area contributed by atoms with Gasteiger partial charge in [-0.25, -0.2) is 8.78 Å². The lowest BCUT2D eigenvalue weighted by Crippen LogP contribution is -2.23. The van der Waals surface area contributed by atoms with Crippen LogP contribution >= 0.6 is 0 Å². The maximum absolute atomic E-state index is 13.3. The van der Waals surface area contributed by atoms with E-state index in [-0.39, 0.29) is 0 Å². The smallest absolute Gasteiger partial charge is 0.159 e. The van der Waals surface area contributed by atoms with Crippen LogP contribution < -0.4 is 5.32 Å². The van der Waals surface area contributed by atoms with Crippen LogP contribution in [0, 0.1) is 24.5 Å². The molecule has 112 valence electrons. The number of rotatable bonds is 6. The van der Waals surface area contributed by atoms with Crippen molar-refractivity contribution in [1.82, 2.24) is 5.32 Å². The molecule has 0 fully saturated rings. The summed E-state index contributed by atoms with van der Waals surface area (Å²) in [4.78, 5) is 0. The summed E-state index contributed by atoms with van der Waals surface area (Å²) in [5.74, 6) is -1.21. The van der Waals surface area contributed by atoms with Crippen LogP contribution in [0.2, 0.25) is 0 Å². The molecule has 1 N–H and O–H groups in total. The van der Waals surface area contributed by atoms with Crippen molar-refractivity contribution in [2.24, 2.45) is 5.92 Å². The molecule has 3 heteroatoms. The zero-order valence-corrected chi connectivity index (χ0v) is 12.5. The third kappa shape index (κ3) is 4.64. The Morgan fingerprint density at radius 2 is 1.67 bits per heavy atom. The molecule has 0 aliphatic carbocycles. The summed E-state index contributed by atoms with van der Waals surface area (Å²) in [6.45, 7) is 2.92. The van der Waals surface area contributed by atoms with E-state index in [9.17, 15) is 8.78 Å². The van der Waals surface area contributed by atoms with Gasteiger partial charge in [0.25, 0.3) is 0 Å². The van der Waals surface area contributed by atoms with Gasteiger partial charge in [0.05, 0.1) is 0 Å². The summed E-state index contributed by atoms with van der Waals surface area (Å²) in [7, 11) is 1.91. The Hall–Kier alpha value is -1.74. The van der Waals surface area contributed by atoms with Gasteiger partial charge in [-0.15, -0.1) is 0 Å². The Morgan fingerprint density at radius 1 is 0.952 bits per heavy atom. The summed E-state index contributed by atoms with van der Waals surface area (Å²) in [6.07, 6.45) is 1.65. The highest BCUT2D eigenvalue weighted by atomic mass is 19.2. The summed E-state index contributed by atoms with van der Waals surface area (Å²) in [5.41, 5.74) is 3.35. The molecule has 0 aliphatic heterocycles. The predicted molar refractivity (Wildman–Crippen MR) is 82.4 cm³/mol. The SMILES string of the molecule is CNCC(Cc1cccc(C)c1)Cc1ccc(F)c(F)c1. The fraction of sp³-hybridized carbons (Fsp3) is 0.333. The molecule has 0 radical (unpaired) electrons. The maximum Gasteiger partial charge on any atom is 0.159 e. The number of benzene rings is 2. The highest BCUT2D eigenvalue weighted by molar-refractivity contribution is 5.24. The van der Waals surface area contributed by atoms with Gasteiger partial charge in [-0.1, -0.05) is 35.9 Å². The third-order valence-electron chi connectivity index (χ3n) is 3.61. The van der Waals surface area contributed by atoms with Crippen LogP contribution in [0.4, 0.5) is 8.78 Å². The molecule has 0 saturated heterocycles. The van der Waals surface area contributed by atoms with E-state index < -0.39 is 11.6 Å². The van der Waals surface area contributed by atoms with Crippen molar-refractivity contribution in [1.29, 1.82) is 0 Å². The topological polar surface area (TPSA) is 12.0 Å². The monoisotopic (exact) mass is 289 g/mol. The van der Waals surface area contributed by atoms with E-state index >= 15 is 0 Å². The first-order valence-electron chi connectivity index (χ1n) is 7.22. The minimum atomic E-state index is -0.789. The average Bonchev–Trinajstić information content (AvgIpc) is 2.43. The van der Waals surface area contributed by atoms with E-state index in [1.807, 2.05) is 7.05 Å². The Morgan fingerprint density at radius 3 is 2.29 bits per heavy atom. The lowest BCUT2D eigenvalue weighted by Gasteiger charge is -2.17. The molecular formula is C18H21F2N. The molecular weight excluding hydrogens is 268 g/mol. The molecule has 0 bridgehead atoms. The van der Waals surface area contributed by atoms with E-state index in [2.05, 4.69) is 36.5 Å². The predicted octanol–water partition coefficient (Wildman–Crippen LogP) is 3.89.